The molecule has 1 aromatic carbocycles. The zero-order valence-corrected chi connectivity index (χ0v) is 12.7. The predicted octanol–water partition coefficient (Wildman–Crippen LogP) is 1.67. The first-order chi connectivity index (χ1) is 9.27. The smallest absolute Gasteiger partial charge is 0.244 e. The fourth-order valence-corrected chi connectivity index (χ4v) is 2.87. The van der Waals surface area contributed by atoms with E-state index in [2.05, 4.69) is 10.0 Å². The molecule has 0 saturated heterocycles. The Morgan fingerprint density at radius 1 is 1.45 bits per heavy atom. The molecule has 0 spiro atoms. The largest absolute Gasteiger partial charge is 0.355 e. The van der Waals surface area contributed by atoms with E-state index in [1.165, 1.54) is 13.0 Å². The number of sulfonamides is 1. The van der Waals surface area contributed by atoms with Crippen LogP contribution in [0, 0.1) is 5.82 Å². The monoisotopic (exact) mass is 322 g/mol. The van der Waals surface area contributed by atoms with Crippen molar-refractivity contribution >= 4 is 27.5 Å². The van der Waals surface area contributed by atoms with Gasteiger partial charge < -0.3 is 5.32 Å². The van der Waals surface area contributed by atoms with Crippen molar-refractivity contribution in [3.05, 3.63) is 29.0 Å². The molecule has 8 heteroatoms. The van der Waals surface area contributed by atoms with Crippen LogP contribution in [0.3, 0.4) is 0 Å². The normalized spacial score (nSPS) is 13.0. The SMILES string of the molecule is CCCNC(=O)C(C)NS(=O)(=O)c1ccc(Cl)cc1F. The van der Waals surface area contributed by atoms with E-state index in [9.17, 15) is 17.6 Å². The molecule has 5 nitrogen and oxygen atoms in total. The summed E-state index contributed by atoms with van der Waals surface area (Å²) >= 11 is 5.56. The molecule has 0 fully saturated rings. The highest BCUT2D eigenvalue weighted by Gasteiger charge is 2.24. The Morgan fingerprint density at radius 2 is 2.10 bits per heavy atom. The number of halogens is 2. The summed E-state index contributed by atoms with van der Waals surface area (Å²) in [4.78, 5) is 11.1. The molecule has 112 valence electrons. The van der Waals surface area contributed by atoms with E-state index in [1.807, 2.05) is 6.92 Å². The van der Waals surface area contributed by atoms with E-state index < -0.39 is 32.7 Å². The predicted molar refractivity (Wildman–Crippen MR) is 74.5 cm³/mol. The third-order valence-corrected chi connectivity index (χ3v) is 4.27. The van der Waals surface area contributed by atoms with E-state index >= 15 is 0 Å². The van der Waals surface area contributed by atoms with Crippen molar-refractivity contribution in [2.24, 2.45) is 0 Å². The third kappa shape index (κ3) is 4.43. The van der Waals surface area contributed by atoms with Crippen LogP contribution in [-0.2, 0) is 14.8 Å². The second-order valence-corrected chi connectivity index (χ2v) is 6.33. The molecule has 0 aliphatic carbocycles. The maximum atomic E-state index is 13.6. The minimum atomic E-state index is -4.12. The topological polar surface area (TPSA) is 75.3 Å². The molecule has 2 N–H and O–H groups in total. The maximum Gasteiger partial charge on any atom is 0.244 e. The number of carbonyl (C=O) groups excluding carboxylic acids is 1. The van der Waals surface area contributed by atoms with Gasteiger partial charge in [-0.15, -0.1) is 0 Å². The van der Waals surface area contributed by atoms with Gasteiger partial charge in [0.25, 0.3) is 0 Å². The van der Waals surface area contributed by atoms with E-state index in [1.54, 1.807) is 0 Å². The molecule has 0 aromatic heterocycles. The molecule has 0 aliphatic rings. The maximum absolute atomic E-state index is 13.6. The number of rotatable bonds is 6. The van der Waals surface area contributed by atoms with Crippen LogP contribution in [0.25, 0.3) is 0 Å². The molecule has 1 atom stereocenters. The van der Waals surface area contributed by atoms with Gasteiger partial charge >= 0.3 is 0 Å². The van der Waals surface area contributed by atoms with E-state index in [0.717, 1.165) is 18.6 Å². The first-order valence-corrected chi connectivity index (χ1v) is 7.89. The van der Waals surface area contributed by atoms with Gasteiger partial charge in [0.2, 0.25) is 15.9 Å². The number of hydrogen-bond donors (Lipinski definition) is 2. The van der Waals surface area contributed by atoms with Crippen LogP contribution < -0.4 is 10.0 Å². The molecule has 1 rings (SSSR count). The van der Waals surface area contributed by atoms with Crippen molar-refractivity contribution in [3.63, 3.8) is 0 Å². The number of nitrogens with one attached hydrogen (secondary N) is 2. The van der Waals surface area contributed by atoms with E-state index in [4.69, 9.17) is 11.6 Å². The molecular formula is C12H16ClFN2O3S. The molecule has 0 bridgehead atoms. The van der Waals surface area contributed by atoms with Crippen LogP contribution in [0.4, 0.5) is 4.39 Å². The van der Waals surface area contributed by atoms with Gasteiger partial charge in [-0.3, -0.25) is 4.79 Å². The summed E-state index contributed by atoms with van der Waals surface area (Å²) in [5, 5.41) is 2.64. The lowest BCUT2D eigenvalue weighted by Gasteiger charge is -2.14. The number of carbonyl (C=O) groups is 1. The molecule has 1 aromatic rings. The second-order valence-electron chi connectivity index (χ2n) is 4.21. The summed E-state index contributed by atoms with van der Waals surface area (Å²) in [5.74, 6) is -1.43. The highest BCUT2D eigenvalue weighted by molar-refractivity contribution is 7.89. The summed E-state index contributed by atoms with van der Waals surface area (Å²) in [6.07, 6.45) is 0.733. The molecule has 0 heterocycles. The Bertz CT molecular complexity index is 592. The van der Waals surface area contributed by atoms with Crippen LogP contribution in [0.1, 0.15) is 20.3 Å². The lowest BCUT2D eigenvalue weighted by Crippen LogP contribution is -2.45. The lowest BCUT2D eigenvalue weighted by molar-refractivity contribution is -0.122. The highest BCUT2D eigenvalue weighted by Crippen LogP contribution is 2.19. The van der Waals surface area contributed by atoms with Crippen molar-refractivity contribution in [3.8, 4) is 0 Å². The number of hydrogen-bond acceptors (Lipinski definition) is 3. The highest BCUT2D eigenvalue weighted by atomic mass is 35.5. The van der Waals surface area contributed by atoms with Crippen LogP contribution >= 0.6 is 11.6 Å². The van der Waals surface area contributed by atoms with Gasteiger partial charge in [-0.1, -0.05) is 18.5 Å². The Labute approximate surface area is 122 Å². The minimum Gasteiger partial charge on any atom is -0.355 e. The number of benzene rings is 1. The Balaban J connectivity index is 2.87. The van der Waals surface area contributed by atoms with Gasteiger partial charge in [0.05, 0.1) is 6.04 Å². The lowest BCUT2D eigenvalue weighted by atomic mass is 10.3. The quantitative estimate of drug-likeness (QED) is 0.836. The Morgan fingerprint density at radius 3 is 2.65 bits per heavy atom. The van der Waals surface area contributed by atoms with Gasteiger partial charge in [0, 0.05) is 11.6 Å². The second kappa shape index (κ2) is 7.01. The Hall–Kier alpha value is -1.18. The average molecular weight is 323 g/mol. The van der Waals surface area contributed by atoms with Gasteiger partial charge in [0.15, 0.2) is 0 Å². The fraction of sp³-hybridized carbons (Fsp3) is 0.417. The minimum absolute atomic E-state index is 0.0928. The summed E-state index contributed by atoms with van der Waals surface area (Å²) < 4.78 is 39.7. The summed E-state index contributed by atoms with van der Waals surface area (Å²) in [5.41, 5.74) is 0. The van der Waals surface area contributed by atoms with Crippen molar-refractivity contribution in [2.75, 3.05) is 6.54 Å². The van der Waals surface area contributed by atoms with Crippen LogP contribution in [0.2, 0.25) is 5.02 Å². The molecule has 20 heavy (non-hydrogen) atoms. The average Bonchev–Trinajstić information content (AvgIpc) is 2.34. The molecule has 0 saturated carbocycles. The first kappa shape index (κ1) is 16.9. The van der Waals surface area contributed by atoms with Crippen molar-refractivity contribution in [1.29, 1.82) is 0 Å². The van der Waals surface area contributed by atoms with Gasteiger partial charge in [-0.25, -0.2) is 12.8 Å². The molecular weight excluding hydrogens is 307 g/mol. The molecule has 1 amide bonds. The van der Waals surface area contributed by atoms with Crippen LogP contribution in [0.15, 0.2) is 23.1 Å². The first-order valence-electron chi connectivity index (χ1n) is 6.03. The summed E-state index contributed by atoms with van der Waals surface area (Å²) in [6.45, 7) is 3.70. The van der Waals surface area contributed by atoms with Crippen molar-refractivity contribution < 1.29 is 17.6 Å². The molecule has 0 aliphatic heterocycles. The fourth-order valence-electron chi connectivity index (χ4n) is 1.44. The van der Waals surface area contributed by atoms with Gasteiger partial charge in [-0.05, 0) is 31.5 Å². The van der Waals surface area contributed by atoms with Gasteiger partial charge in [-0.2, -0.15) is 4.72 Å². The number of amides is 1. The standard InChI is InChI=1S/C12H16ClFN2O3S/c1-3-6-15-12(17)8(2)16-20(18,19)11-5-4-9(13)7-10(11)14/h4-5,7-8,16H,3,6H2,1-2H3,(H,15,17). The Kier molecular flexibility index (Phi) is 5.91. The zero-order chi connectivity index (χ0) is 15.3. The van der Waals surface area contributed by atoms with Gasteiger partial charge in [0.1, 0.15) is 10.7 Å². The van der Waals surface area contributed by atoms with E-state index in [-0.39, 0.29) is 5.02 Å². The molecule has 1 unspecified atom stereocenters. The summed E-state index contributed by atoms with van der Waals surface area (Å²) in [7, 11) is -4.12. The van der Waals surface area contributed by atoms with Crippen molar-refractivity contribution in [2.45, 2.75) is 31.2 Å². The third-order valence-electron chi connectivity index (χ3n) is 2.46. The summed E-state index contributed by atoms with van der Waals surface area (Å²) in [6, 6.07) is 2.22. The van der Waals surface area contributed by atoms with E-state index in [0.29, 0.717) is 6.54 Å². The van der Waals surface area contributed by atoms with Crippen LogP contribution in [-0.4, -0.2) is 26.9 Å². The van der Waals surface area contributed by atoms with Crippen molar-refractivity contribution in [1.82, 2.24) is 10.0 Å². The zero-order valence-electron chi connectivity index (χ0n) is 11.1. The van der Waals surface area contributed by atoms with Crippen LogP contribution in [0.5, 0.6) is 0 Å². The molecule has 0 radical (unpaired) electrons.